The second-order valence-corrected chi connectivity index (χ2v) is 4.69. The van der Waals surface area contributed by atoms with Crippen molar-refractivity contribution in [2.24, 2.45) is 12.8 Å². The summed E-state index contributed by atoms with van der Waals surface area (Å²) in [4.78, 5) is 16.7. The van der Waals surface area contributed by atoms with Gasteiger partial charge < -0.3 is 5.73 Å². The Kier molecular flexibility index (Phi) is 3.04. The molecule has 0 radical (unpaired) electrons. The van der Waals surface area contributed by atoms with E-state index in [0.29, 0.717) is 11.1 Å². The summed E-state index contributed by atoms with van der Waals surface area (Å²) in [5.41, 5.74) is 7.35. The first-order chi connectivity index (χ1) is 9.66. The highest BCUT2D eigenvalue weighted by Crippen LogP contribution is 2.22. The molecule has 100 valence electrons. The number of nitrogens with two attached hydrogens (primary N) is 1. The van der Waals surface area contributed by atoms with Crippen molar-refractivity contribution in [1.82, 2.24) is 14.8 Å². The number of ketones is 1. The summed E-state index contributed by atoms with van der Waals surface area (Å²) in [6.45, 7) is 0. The van der Waals surface area contributed by atoms with E-state index in [1.165, 1.54) is 0 Å². The summed E-state index contributed by atoms with van der Waals surface area (Å²) in [6.07, 6.45) is 6.77. The van der Waals surface area contributed by atoms with E-state index in [1.54, 1.807) is 42.6 Å². The lowest BCUT2D eigenvalue weighted by Gasteiger charge is -2.10. The van der Waals surface area contributed by atoms with E-state index in [9.17, 15) is 4.79 Å². The molecule has 0 spiro atoms. The molecule has 1 atom stereocenters. The molecule has 20 heavy (non-hydrogen) atoms. The number of carbonyl (C=O) groups excluding carboxylic acids is 1. The largest absolute Gasteiger partial charge is 0.317 e. The zero-order valence-corrected chi connectivity index (χ0v) is 11.0. The summed E-state index contributed by atoms with van der Waals surface area (Å²) in [7, 11) is 1.79. The number of Topliss-reactive ketones (excluding diaryl/α,β-unsaturated/α-hetero) is 1. The SMILES string of the molecule is Cn1cc(C(N)C(=O)c2cccc3ccncc23)cn1. The first kappa shape index (κ1) is 12.5. The van der Waals surface area contributed by atoms with Crippen molar-refractivity contribution in [3.63, 3.8) is 0 Å². The third kappa shape index (κ3) is 2.08. The van der Waals surface area contributed by atoms with Crippen molar-refractivity contribution >= 4 is 16.6 Å². The van der Waals surface area contributed by atoms with Crippen molar-refractivity contribution < 1.29 is 4.79 Å². The fraction of sp³-hybridized carbons (Fsp3) is 0.133. The topological polar surface area (TPSA) is 73.8 Å². The molecule has 0 amide bonds. The summed E-state index contributed by atoms with van der Waals surface area (Å²) >= 11 is 0. The monoisotopic (exact) mass is 266 g/mol. The van der Waals surface area contributed by atoms with Gasteiger partial charge in [-0.1, -0.05) is 18.2 Å². The van der Waals surface area contributed by atoms with Gasteiger partial charge in [-0.3, -0.25) is 14.5 Å². The maximum atomic E-state index is 12.6. The zero-order chi connectivity index (χ0) is 14.1. The minimum Gasteiger partial charge on any atom is -0.317 e. The lowest BCUT2D eigenvalue weighted by atomic mass is 9.96. The van der Waals surface area contributed by atoms with Gasteiger partial charge in [-0.15, -0.1) is 0 Å². The van der Waals surface area contributed by atoms with Gasteiger partial charge in [-0.25, -0.2) is 0 Å². The number of rotatable bonds is 3. The minimum atomic E-state index is -0.713. The Labute approximate surface area is 116 Å². The molecule has 3 aromatic rings. The van der Waals surface area contributed by atoms with E-state index >= 15 is 0 Å². The van der Waals surface area contributed by atoms with Crippen LogP contribution in [0.1, 0.15) is 22.0 Å². The number of nitrogens with zero attached hydrogens (tertiary/aromatic N) is 3. The predicted molar refractivity (Wildman–Crippen MR) is 76.2 cm³/mol. The summed E-state index contributed by atoms with van der Waals surface area (Å²) in [5.74, 6) is -0.128. The van der Waals surface area contributed by atoms with Crippen LogP contribution in [-0.2, 0) is 7.05 Å². The lowest BCUT2D eigenvalue weighted by Crippen LogP contribution is -2.21. The van der Waals surface area contributed by atoms with Crippen molar-refractivity contribution in [3.8, 4) is 0 Å². The normalized spacial score (nSPS) is 12.5. The molecule has 0 bridgehead atoms. The third-order valence-electron chi connectivity index (χ3n) is 3.32. The Morgan fingerprint density at radius 1 is 1.30 bits per heavy atom. The van der Waals surface area contributed by atoms with Crippen molar-refractivity contribution in [2.45, 2.75) is 6.04 Å². The highest BCUT2D eigenvalue weighted by atomic mass is 16.1. The Bertz CT molecular complexity index is 773. The van der Waals surface area contributed by atoms with Crippen LogP contribution in [0.4, 0.5) is 0 Å². The number of benzene rings is 1. The molecular weight excluding hydrogens is 252 g/mol. The van der Waals surface area contributed by atoms with Crippen LogP contribution in [0.5, 0.6) is 0 Å². The molecule has 1 aromatic carbocycles. The quantitative estimate of drug-likeness (QED) is 0.734. The van der Waals surface area contributed by atoms with E-state index in [0.717, 1.165) is 10.8 Å². The average Bonchev–Trinajstić information content (AvgIpc) is 2.91. The Morgan fingerprint density at radius 2 is 2.15 bits per heavy atom. The number of hydrogen-bond acceptors (Lipinski definition) is 4. The maximum absolute atomic E-state index is 12.6. The highest BCUT2D eigenvalue weighted by Gasteiger charge is 2.20. The summed E-state index contributed by atoms with van der Waals surface area (Å²) < 4.78 is 1.63. The van der Waals surface area contributed by atoms with Crippen molar-refractivity contribution in [2.75, 3.05) is 0 Å². The Balaban J connectivity index is 2.04. The number of aryl methyl sites for hydroxylation is 1. The molecule has 1 unspecified atom stereocenters. The van der Waals surface area contributed by atoms with Gasteiger partial charge in [0, 0.05) is 42.2 Å². The molecule has 3 rings (SSSR count). The van der Waals surface area contributed by atoms with Crippen molar-refractivity contribution in [3.05, 3.63) is 60.2 Å². The number of fused-ring (bicyclic) bond motifs is 1. The van der Waals surface area contributed by atoms with E-state index in [4.69, 9.17) is 5.73 Å². The third-order valence-corrected chi connectivity index (χ3v) is 3.32. The molecule has 5 nitrogen and oxygen atoms in total. The van der Waals surface area contributed by atoms with Crippen LogP contribution in [0.25, 0.3) is 10.8 Å². The van der Waals surface area contributed by atoms with Gasteiger partial charge in [0.15, 0.2) is 5.78 Å². The zero-order valence-electron chi connectivity index (χ0n) is 11.0. The van der Waals surface area contributed by atoms with Gasteiger partial charge in [0.05, 0.1) is 12.2 Å². The fourth-order valence-electron chi connectivity index (χ4n) is 2.25. The van der Waals surface area contributed by atoms with Gasteiger partial charge in [0.2, 0.25) is 0 Å². The van der Waals surface area contributed by atoms with Crippen LogP contribution in [0, 0.1) is 0 Å². The number of carbonyl (C=O) groups is 1. The van der Waals surface area contributed by atoms with E-state index in [-0.39, 0.29) is 5.78 Å². The van der Waals surface area contributed by atoms with Gasteiger partial charge in [-0.05, 0) is 11.5 Å². The Hall–Kier alpha value is -2.53. The van der Waals surface area contributed by atoms with Gasteiger partial charge in [0.25, 0.3) is 0 Å². The highest BCUT2D eigenvalue weighted by molar-refractivity contribution is 6.10. The number of pyridine rings is 1. The van der Waals surface area contributed by atoms with Crippen LogP contribution in [-0.4, -0.2) is 20.5 Å². The number of aromatic nitrogens is 3. The molecular formula is C15H14N4O. The Morgan fingerprint density at radius 3 is 2.90 bits per heavy atom. The fourth-order valence-corrected chi connectivity index (χ4v) is 2.25. The molecule has 0 saturated heterocycles. The molecule has 2 heterocycles. The second kappa shape index (κ2) is 4.86. The van der Waals surface area contributed by atoms with E-state index in [1.807, 2.05) is 18.2 Å². The van der Waals surface area contributed by atoms with Crippen molar-refractivity contribution in [1.29, 1.82) is 0 Å². The van der Waals surface area contributed by atoms with E-state index in [2.05, 4.69) is 10.1 Å². The smallest absolute Gasteiger partial charge is 0.184 e. The first-order valence-electron chi connectivity index (χ1n) is 6.28. The standard InChI is InChI=1S/C15H14N4O/c1-19-9-11(7-18-19)14(16)15(20)12-4-2-3-10-5-6-17-8-13(10)12/h2-9,14H,16H2,1H3. The maximum Gasteiger partial charge on any atom is 0.184 e. The van der Waals surface area contributed by atoms with Gasteiger partial charge in [0.1, 0.15) is 0 Å². The van der Waals surface area contributed by atoms with Gasteiger partial charge >= 0.3 is 0 Å². The van der Waals surface area contributed by atoms with Crippen LogP contribution in [0.15, 0.2) is 49.1 Å². The molecule has 0 aliphatic carbocycles. The summed E-state index contributed by atoms with van der Waals surface area (Å²) in [6, 6.07) is 6.74. The molecule has 0 aliphatic heterocycles. The molecule has 2 aromatic heterocycles. The molecule has 0 aliphatic rings. The van der Waals surface area contributed by atoms with Crippen LogP contribution in [0.2, 0.25) is 0 Å². The average molecular weight is 266 g/mol. The second-order valence-electron chi connectivity index (χ2n) is 4.69. The van der Waals surface area contributed by atoms with Gasteiger partial charge in [-0.2, -0.15) is 5.10 Å². The number of hydrogen-bond donors (Lipinski definition) is 1. The van der Waals surface area contributed by atoms with E-state index < -0.39 is 6.04 Å². The molecule has 0 fully saturated rings. The predicted octanol–water partition coefficient (Wildman–Crippen LogP) is 1.85. The van der Waals surface area contributed by atoms with Crippen LogP contribution < -0.4 is 5.73 Å². The first-order valence-corrected chi connectivity index (χ1v) is 6.28. The van der Waals surface area contributed by atoms with Crippen LogP contribution in [0.3, 0.4) is 0 Å². The molecule has 0 saturated carbocycles. The molecule has 2 N–H and O–H groups in total. The summed E-state index contributed by atoms with van der Waals surface area (Å²) in [5, 5.41) is 5.84. The lowest BCUT2D eigenvalue weighted by molar-refractivity contribution is 0.0963. The van der Waals surface area contributed by atoms with Crippen LogP contribution >= 0.6 is 0 Å². The molecule has 5 heteroatoms. The minimum absolute atomic E-state index is 0.128.